The number of halogens is 1. The summed E-state index contributed by atoms with van der Waals surface area (Å²) >= 11 is 0. The summed E-state index contributed by atoms with van der Waals surface area (Å²) in [6.45, 7) is 11.1. The molecule has 1 saturated heterocycles. The third-order valence-electron chi connectivity index (χ3n) is 4.15. The highest BCUT2D eigenvalue weighted by molar-refractivity contribution is 5.95. The Morgan fingerprint density at radius 3 is 2.24 bits per heavy atom. The number of amides is 1. The van der Waals surface area contributed by atoms with Crippen LogP contribution in [0.5, 0.6) is 0 Å². The van der Waals surface area contributed by atoms with Crippen LogP contribution < -0.4 is 5.73 Å². The Kier molecular flexibility index (Phi) is 4.23. The SMILES string of the molecule is Cc1c(N)cc(C(=O)N2CCN(C(C)(C)C)CC2)cc1F. The maximum Gasteiger partial charge on any atom is 0.254 e. The van der Waals surface area contributed by atoms with Crippen LogP contribution in [0.2, 0.25) is 0 Å². The number of anilines is 1. The molecule has 0 aliphatic carbocycles. The summed E-state index contributed by atoms with van der Waals surface area (Å²) in [5, 5.41) is 0. The highest BCUT2D eigenvalue weighted by Crippen LogP contribution is 2.21. The quantitative estimate of drug-likeness (QED) is 0.808. The van der Waals surface area contributed by atoms with Crippen molar-refractivity contribution in [3.63, 3.8) is 0 Å². The van der Waals surface area contributed by atoms with Crippen molar-refractivity contribution in [3.05, 3.63) is 29.1 Å². The van der Waals surface area contributed by atoms with Crippen LogP contribution in [-0.2, 0) is 0 Å². The lowest BCUT2D eigenvalue weighted by Gasteiger charge is -2.42. The van der Waals surface area contributed by atoms with Crippen LogP contribution in [0, 0.1) is 12.7 Å². The Hall–Kier alpha value is -1.62. The topological polar surface area (TPSA) is 49.6 Å². The van der Waals surface area contributed by atoms with Gasteiger partial charge in [0.1, 0.15) is 5.82 Å². The van der Waals surface area contributed by atoms with Gasteiger partial charge in [0.15, 0.2) is 0 Å². The Labute approximate surface area is 125 Å². The zero-order chi connectivity index (χ0) is 15.8. The van der Waals surface area contributed by atoms with Crippen LogP contribution in [0.4, 0.5) is 10.1 Å². The second kappa shape index (κ2) is 5.64. The second-order valence-corrected chi connectivity index (χ2v) is 6.62. The van der Waals surface area contributed by atoms with Gasteiger partial charge in [-0.25, -0.2) is 4.39 Å². The molecule has 1 aliphatic heterocycles. The lowest BCUT2D eigenvalue weighted by molar-refractivity contribution is 0.0451. The molecule has 21 heavy (non-hydrogen) atoms. The van der Waals surface area contributed by atoms with Gasteiger partial charge >= 0.3 is 0 Å². The first-order chi connectivity index (χ1) is 9.70. The Bertz CT molecular complexity index is 520. The molecule has 0 unspecified atom stereocenters. The molecule has 116 valence electrons. The molecular weight excluding hydrogens is 269 g/mol. The number of hydrogen-bond donors (Lipinski definition) is 1. The summed E-state index contributed by atoms with van der Waals surface area (Å²) in [5.41, 5.74) is 6.91. The van der Waals surface area contributed by atoms with Gasteiger partial charge in [-0.2, -0.15) is 0 Å². The maximum absolute atomic E-state index is 13.7. The molecule has 4 nitrogen and oxygen atoms in total. The summed E-state index contributed by atoms with van der Waals surface area (Å²) in [6, 6.07) is 2.85. The molecule has 0 aromatic heterocycles. The van der Waals surface area contributed by atoms with Crippen LogP contribution in [-0.4, -0.2) is 47.4 Å². The largest absolute Gasteiger partial charge is 0.398 e. The van der Waals surface area contributed by atoms with Crippen molar-refractivity contribution in [2.75, 3.05) is 31.9 Å². The van der Waals surface area contributed by atoms with Crippen molar-refractivity contribution in [2.24, 2.45) is 0 Å². The monoisotopic (exact) mass is 293 g/mol. The Morgan fingerprint density at radius 1 is 1.19 bits per heavy atom. The van der Waals surface area contributed by atoms with Crippen LogP contribution in [0.1, 0.15) is 36.7 Å². The fourth-order valence-electron chi connectivity index (χ4n) is 2.59. The van der Waals surface area contributed by atoms with Gasteiger partial charge in [-0.3, -0.25) is 9.69 Å². The van der Waals surface area contributed by atoms with Crippen molar-refractivity contribution in [1.82, 2.24) is 9.80 Å². The van der Waals surface area contributed by atoms with Gasteiger partial charge in [-0.1, -0.05) is 0 Å². The minimum Gasteiger partial charge on any atom is -0.398 e. The molecule has 0 atom stereocenters. The standard InChI is InChI=1S/C16H24FN3O/c1-11-13(17)9-12(10-14(11)18)15(21)19-5-7-20(8-6-19)16(2,3)4/h9-10H,5-8,18H2,1-4H3. The molecule has 0 saturated carbocycles. The van der Waals surface area contributed by atoms with E-state index in [0.29, 0.717) is 29.9 Å². The van der Waals surface area contributed by atoms with Crippen molar-refractivity contribution in [1.29, 1.82) is 0 Å². The number of carbonyl (C=O) groups excluding carboxylic acids is 1. The van der Waals surface area contributed by atoms with E-state index in [-0.39, 0.29) is 11.4 Å². The van der Waals surface area contributed by atoms with Crippen LogP contribution in [0.3, 0.4) is 0 Å². The number of nitrogen functional groups attached to an aromatic ring is 1. The van der Waals surface area contributed by atoms with Crippen molar-refractivity contribution < 1.29 is 9.18 Å². The van der Waals surface area contributed by atoms with E-state index in [4.69, 9.17) is 5.73 Å². The first-order valence-corrected chi connectivity index (χ1v) is 7.30. The molecule has 1 aromatic rings. The molecule has 0 spiro atoms. The molecule has 5 heteroatoms. The first kappa shape index (κ1) is 15.8. The van der Waals surface area contributed by atoms with E-state index in [9.17, 15) is 9.18 Å². The highest BCUT2D eigenvalue weighted by atomic mass is 19.1. The molecule has 1 aromatic carbocycles. The zero-order valence-corrected chi connectivity index (χ0v) is 13.2. The molecule has 1 heterocycles. The van der Waals surface area contributed by atoms with Crippen LogP contribution >= 0.6 is 0 Å². The fraction of sp³-hybridized carbons (Fsp3) is 0.562. The van der Waals surface area contributed by atoms with Gasteiger partial charge in [0.25, 0.3) is 5.91 Å². The molecule has 1 aliphatic rings. The first-order valence-electron chi connectivity index (χ1n) is 7.30. The highest BCUT2D eigenvalue weighted by Gasteiger charge is 2.28. The fourth-order valence-corrected chi connectivity index (χ4v) is 2.59. The van der Waals surface area contributed by atoms with Gasteiger partial charge in [0, 0.05) is 48.5 Å². The molecule has 0 bridgehead atoms. The van der Waals surface area contributed by atoms with Crippen LogP contribution in [0.15, 0.2) is 12.1 Å². The third-order valence-corrected chi connectivity index (χ3v) is 4.15. The summed E-state index contributed by atoms with van der Waals surface area (Å²) in [4.78, 5) is 16.6. The van der Waals surface area contributed by atoms with Gasteiger partial charge in [-0.15, -0.1) is 0 Å². The van der Waals surface area contributed by atoms with E-state index in [0.717, 1.165) is 13.1 Å². The summed E-state index contributed by atoms with van der Waals surface area (Å²) < 4.78 is 13.7. The van der Waals surface area contributed by atoms with E-state index in [1.165, 1.54) is 6.07 Å². The van der Waals surface area contributed by atoms with Crippen LogP contribution in [0.25, 0.3) is 0 Å². The van der Waals surface area contributed by atoms with E-state index in [1.54, 1.807) is 17.9 Å². The van der Waals surface area contributed by atoms with Gasteiger partial charge < -0.3 is 10.6 Å². The number of piperazine rings is 1. The van der Waals surface area contributed by atoms with Crippen molar-refractivity contribution >= 4 is 11.6 Å². The summed E-state index contributed by atoms with van der Waals surface area (Å²) in [7, 11) is 0. The molecule has 2 N–H and O–H groups in total. The normalized spacial score (nSPS) is 17.1. The molecule has 1 fully saturated rings. The second-order valence-electron chi connectivity index (χ2n) is 6.62. The number of benzene rings is 1. The Morgan fingerprint density at radius 2 is 1.76 bits per heavy atom. The summed E-state index contributed by atoms with van der Waals surface area (Å²) in [6.07, 6.45) is 0. The number of carbonyl (C=O) groups is 1. The molecule has 0 radical (unpaired) electrons. The minimum atomic E-state index is -0.424. The lowest BCUT2D eigenvalue weighted by atomic mass is 10.0. The average Bonchev–Trinajstić information content (AvgIpc) is 2.42. The predicted molar refractivity (Wildman–Crippen MR) is 82.8 cm³/mol. The number of hydrogen-bond acceptors (Lipinski definition) is 3. The maximum atomic E-state index is 13.7. The average molecular weight is 293 g/mol. The molecule has 2 rings (SSSR count). The lowest BCUT2D eigenvalue weighted by Crippen LogP contribution is -2.54. The van der Waals surface area contributed by atoms with E-state index < -0.39 is 5.82 Å². The van der Waals surface area contributed by atoms with E-state index in [1.807, 2.05) is 0 Å². The van der Waals surface area contributed by atoms with Crippen molar-refractivity contribution in [3.8, 4) is 0 Å². The molecular formula is C16H24FN3O. The van der Waals surface area contributed by atoms with Gasteiger partial charge in [0.05, 0.1) is 0 Å². The van der Waals surface area contributed by atoms with E-state index in [2.05, 4.69) is 25.7 Å². The van der Waals surface area contributed by atoms with Crippen molar-refractivity contribution in [2.45, 2.75) is 33.2 Å². The van der Waals surface area contributed by atoms with Gasteiger partial charge in [0.2, 0.25) is 0 Å². The molecule has 1 amide bonds. The van der Waals surface area contributed by atoms with E-state index >= 15 is 0 Å². The summed E-state index contributed by atoms with van der Waals surface area (Å²) in [5.74, 6) is -0.569. The number of rotatable bonds is 1. The Balaban J connectivity index is 2.09. The predicted octanol–water partition coefficient (Wildman–Crippen LogP) is 2.27. The zero-order valence-electron chi connectivity index (χ0n) is 13.2. The third kappa shape index (κ3) is 3.35. The number of nitrogens with zero attached hydrogens (tertiary/aromatic N) is 2. The number of nitrogens with two attached hydrogens (primary N) is 1. The smallest absolute Gasteiger partial charge is 0.254 e. The van der Waals surface area contributed by atoms with Gasteiger partial charge in [-0.05, 0) is 39.8 Å². The minimum absolute atomic E-state index is 0.107.